The van der Waals surface area contributed by atoms with Crippen LogP contribution >= 0.6 is 31.9 Å². The topological polar surface area (TPSA) is 34.1 Å². The summed E-state index contributed by atoms with van der Waals surface area (Å²) < 4.78 is 22.8. The van der Waals surface area contributed by atoms with Gasteiger partial charge in [-0.3, -0.25) is 0 Å². The lowest BCUT2D eigenvalue weighted by atomic mass is 10.4. The quantitative estimate of drug-likeness (QED) is 0.800. The normalized spacial score (nSPS) is 14.0. The summed E-state index contributed by atoms with van der Waals surface area (Å²) in [6, 6.07) is 8.39. The first-order valence-corrected chi connectivity index (χ1v) is 7.16. The van der Waals surface area contributed by atoms with E-state index in [2.05, 4.69) is 31.9 Å². The summed E-state index contributed by atoms with van der Waals surface area (Å²) in [5, 5.41) is 0.379. The first kappa shape index (κ1) is 11.2. The molecule has 1 aromatic rings. The van der Waals surface area contributed by atoms with Gasteiger partial charge in [-0.1, -0.05) is 50.1 Å². The Kier molecular flexibility index (Phi) is 3.94. The number of benzene rings is 1. The van der Waals surface area contributed by atoms with E-state index >= 15 is 0 Å². The number of alkyl halides is 2. The molecule has 72 valence electrons. The van der Waals surface area contributed by atoms with Gasteiger partial charge in [0.2, 0.25) is 0 Å². The zero-order valence-corrected chi connectivity index (χ0v) is 10.6. The molecule has 0 fully saturated rings. The van der Waals surface area contributed by atoms with Crippen molar-refractivity contribution in [1.82, 2.24) is 0 Å². The highest BCUT2D eigenvalue weighted by molar-refractivity contribution is 9.13. The molecule has 0 spiro atoms. The van der Waals surface area contributed by atoms with Crippen LogP contribution in [0.1, 0.15) is 0 Å². The number of sulfone groups is 1. The molecule has 0 saturated heterocycles. The van der Waals surface area contributed by atoms with Gasteiger partial charge in [-0.2, -0.15) is 0 Å². The van der Waals surface area contributed by atoms with Crippen LogP contribution in [-0.2, 0) is 9.84 Å². The standard InChI is InChI=1S/C8H8Br2O2S/c9-6-8(10)13(11,12)7-4-2-1-3-5-7/h1-5,8H,6H2. The van der Waals surface area contributed by atoms with Crippen molar-refractivity contribution < 1.29 is 8.42 Å². The van der Waals surface area contributed by atoms with E-state index < -0.39 is 14.0 Å². The molecule has 5 heteroatoms. The second kappa shape index (κ2) is 4.57. The van der Waals surface area contributed by atoms with Gasteiger partial charge in [0.25, 0.3) is 0 Å². The Morgan fingerprint density at radius 1 is 1.23 bits per heavy atom. The minimum Gasteiger partial charge on any atom is -0.222 e. The van der Waals surface area contributed by atoms with Crippen LogP contribution in [-0.4, -0.2) is 17.9 Å². The van der Waals surface area contributed by atoms with Crippen molar-refractivity contribution >= 4 is 41.7 Å². The summed E-state index contributed by atoms with van der Waals surface area (Å²) in [5.41, 5.74) is 0. The van der Waals surface area contributed by atoms with E-state index in [1.165, 1.54) is 0 Å². The Hall–Kier alpha value is 0.130. The van der Waals surface area contributed by atoms with E-state index in [1.807, 2.05) is 0 Å². The molecule has 0 N–H and O–H groups in total. The van der Waals surface area contributed by atoms with E-state index in [9.17, 15) is 8.42 Å². The van der Waals surface area contributed by atoms with Gasteiger partial charge in [-0.15, -0.1) is 0 Å². The lowest BCUT2D eigenvalue weighted by molar-refractivity contribution is 0.596. The minimum atomic E-state index is -3.22. The Bertz CT molecular complexity index is 361. The number of hydrogen-bond acceptors (Lipinski definition) is 2. The van der Waals surface area contributed by atoms with E-state index in [1.54, 1.807) is 30.3 Å². The highest BCUT2D eigenvalue weighted by Crippen LogP contribution is 2.21. The lowest BCUT2D eigenvalue weighted by Gasteiger charge is -2.07. The maximum Gasteiger partial charge on any atom is 0.191 e. The second-order valence-corrected chi connectivity index (χ2v) is 6.91. The van der Waals surface area contributed by atoms with Gasteiger partial charge < -0.3 is 0 Å². The smallest absolute Gasteiger partial charge is 0.191 e. The van der Waals surface area contributed by atoms with E-state index in [4.69, 9.17) is 0 Å². The SMILES string of the molecule is O=S(=O)(c1ccccc1)C(Br)CBr. The van der Waals surface area contributed by atoms with Gasteiger partial charge in [0.05, 0.1) is 4.90 Å². The summed E-state index contributed by atoms with van der Waals surface area (Å²) in [7, 11) is -3.22. The molecule has 0 radical (unpaired) electrons. The van der Waals surface area contributed by atoms with Crippen LogP contribution in [0.5, 0.6) is 0 Å². The molecule has 0 aliphatic rings. The molecule has 0 aliphatic carbocycles. The average molecular weight is 328 g/mol. The Morgan fingerprint density at radius 2 is 1.77 bits per heavy atom. The van der Waals surface area contributed by atoms with Crippen LogP contribution in [0.15, 0.2) is 35.2 Å². The number of rotatable bonds is 3. The van der Waals surface area contributed by atoms with Crippen LogP contribution in [0, 0.1) is 0 Å². The summed E-state index contributed by atoms with van der Waals surface area (Å²) in [5.74, 6) is 0. The summed E-state index contributed by atoms with van der Waals surface area (Å²) in [6.07, 6.45) is 0. The monoisotopic (exact) mass is 326 g/mol. The molecule has 0 bridgehead atoms. The molecule has 13 heavy (non-hydrogen) atoms. The second-order valence-electron chi connectivity index (χ2n) is 2.42. The fourth-order valence-electron chi connectivity index (χ4n) is 0.841. The Labute approximate surface area is 94.5 Å². The van der Waals surface area contributed by atoms with Crippen LogP contribution in [0.4, 0.5) is 0 Å². The van der Waals surface area contributed by atoms with Gasteiger partial charge in [0.15, 0.2) is 9.84 Å². The first-order chi connectivity index (χ1) is 6.09. The first-order valence-electron chi connectivity index (χ1n) is 3.58. The molecule has 0 aromatic heterocycles. The third kappa shape index (κ3) is 2.54. The van der Waals surface area contributed by atoms with E-state index in [0.29, 0.717) is 10.2 Å². The third-order valence-corrected chi connectivity index (χ3v) is 7.04. The third-order valence-electron chi connectivity index (χ3n) is 1.53. The van der Waals surface area contributed by atoms with Crippen LogP contribution < -0.4 is 0 Å². The summed E-state index contributed by atoms with van der Waals surface area (Å²) in [6.45, 7) is 0. The number of hydrogen-bond donors (Lipinski definition) is 0. The molecular formula is C8H8Br2O2S. The van der Waals surface area contributed by atoms with E-state index in [-0.39, 0.29) is 0 Å². The van der Waals surface area contributed by atoms with Crippen LogP contribution in [0.25, 0.3) is 0 Å². The Morgan fingerprint density at radius 3 is 2.23 bits per heavy atom. The molecule has 1 atom stereocenters. The molecule has 0 heterocycles. The van der Waals surface area contributed by atoms with Crippen molar-refractivity contribution in [1.29, 1.82) is 0 Å². The van der Waals surface area contributed by atoms with Crippen LogP contribution in [0.3, 0.4) is 0 Å². The number of halogens is 2. The van der Waals surface area contributed by atoms with Gasteiger partial charge in [-0.25, -0.2) is 8.42 Å². The highest BCUT2D eigenvalue weighted by atomic mass is 79.9. The predicted octanol–water partition coefficient (Wildman–Crippen LogP) is 2.58. The zero-order chi connectivity index (χ0) is 9.90. The van der Waals surface area contributed by atoms with Gasteiger partial charge in [0.1, 0.15) is 4.16 Å². The predicted molar refractivity (Wildman–Crippen MR) is 60.1 cm³/mol. The molecule has 2 nitrogen and oxygen atoms in total. The molecular weight excluding hydrogens is 320 g/mol. The maximum absolute atomic E-state index is 11.7. The van der Waals surface area contributed by atoms with Crippen molar-refractivity contribution in [3.63, 3.8) is 0 Å². The van der Waals surface area contributed by atoms with Gasteiger partial charge in [-0.05, 0) is 12.1 Å². The summed E-state index contributed by atoms with van der Waals surface area (Å²) >= 11 is 6.22. The van der Waals surface area contributed by atoms with Gasteiger partial charge >= 0.3 is 0 Å². The van der Waals surface area contributed by atoms with Crippen molar-refractivity contribution in [3.05, 3.63) is 30.3 Å². The summed E-state index contributed by atoms with van der Waals surface area (Å²) in [4.78, 5) is 0.344. The highest BCUT2D eigenvalue weighted by Gasteiger charge is 2.23. The van der Waals surface area contributed by atoms with Crippen molar-refractivity contribution in [2.24, 2.45) is 0 Å². The average Bonchev–Trinajstić information content (AvgIpc) is 2.18. The maximum atomic E-state index is 11.7. The lowest BCUT2D eigenvalue weighted by Crippen LogP contribution is -2.15. The van der Waals surface area contributed by atoms with Gasteiger partial charge in [0, 0.05) is 5.33 Å². The van der Waals surface area contributed by atoms with Crippen molar-refractivity contribution in [3.8, 4) is 0 Å². The molecule has 1 unspecified atom stereocenters. The molecule has 0 saturated carbocycles. The fourth-order valence-corrected chi connectivity index (χ4v) is 3.53. The Balaban J connectivity index is 3.09. The molecule has 1 aromatic carbocycles. The minimum absolute atomic E-state index is 0.344. The molecule has 0 aliphatic heterocycles. The van der Waals surface area contributed by atoms with E-state index in [0.717, 1.165) is 0 Å². The van der Waals surface area contributed by atoms with Crippen LogP contribution in [0.2, 0.25) is 0 Å². The van der Waals surface area contributed by atoms with Crippen molar-refractivity contribution in [2.75, 3.05) is 5.33 Å². The molecule has 0 amide bonds. The molecule has 1 rings (SSSR count). The van der Waals surface area contributed by atoms with Crippen molar-refractivity contribution in [2.45, 2.75) is 9.05 Å². The fraction of sp³-hybridized carbons (Fsp3) is 0.250. The zero-order valence-electron chi connectivity index (χ0n) is 6.65. The largest absolute Gasteiger partial charge is 0.222 e.